The van der Waals surface area contributed by atoms with Crippen molar-refractivity contribution in [3.63, 3.8) is 0 Å². The van der Waals surface area contributed by atoms with Gasteiger partial charge in [0.2, 0.25) is 5.91 Å². The number of nitrogens with zero attached hydrogens (tertiary/aromatic N) is 3. The van der Waals surface area contributed by atoms with Crippen LogP contribution >= 0.6 is 0 Å². The van der Waals surface area contributed by atoms with Gasteiger partial charge in [0.25, 0.3) is 0 Å². The van der Waals surface area contributed by atoms with Gasteiger partial charge >= 0.3 is 0 Å². The quantitative estimate of drug-likeness (QED) is 0.465. The van der Waals surface area contributed by atoms with E-state index in [1.54, 1.807) is 0 Å². The summed E-state index contributed by atoms with van der Waals surface area (Å²) in [6.45, 7) is 4.97. The average molecular weight is 412 g/mol. The van der Waals surface area contributed by atoms with E-state index < -0.39 is 0 Å². The summed E-state index contributed by atoms with van der Waals surface area (Å²) in [5.74, 6) is 1.64. The first kappa shape index (κ1) is 23.2. The lowest BCUT2D eigenvalue weighted by atomic mass is 10.2. The van der Waals surface area contributed by atoms with Crippen molar-refractivity contribution in [3.8, 4) is 5.75 Å². The minimum atomic E-state index is -0.0351. The molecule has 7 nitrogen and oxygen atoms in total. The number of ether oxygens (including phenoxy) is 1. The molecule has 0 aliphatic heterocycles. The second kappa shape index (κ2) is 12.5. The summed E-state index contributed by atoms with van der Waals surface area (Å²) in [7, 11) is 5.73. The highest BCUT2D eigenvalue weighted by molar-refractivity contribution is 5.92. The van der Waals surface area contributed by atoms with Crippen molar-refractivity contribution in [1.29, 1.82) is 0 Å². The molecule has 2 N–H and O–H groups in total. The van der Waals surface area contributed by atoms with Crippen molar-refractivity contribution in [1.82, 2.24) is 15.1 Å². The number of carbonyl (C=O) groups excluding carboxylic acids is 1. The Bertz CT molecular complexity index is 808. The number of amides is 1. The third-order valence-corrected chi connectivity index (χ3v) is 4.22. The summed E-state index contributed by atoms with van der Waals surface area (Å²) in [4.78, 5) is 20.6. The highest BCUT2D eigenvalue weighted by Gasteiger charge is 2.07. The third kappa shape index (κ3) is 8.53. The van der Waals surface area contributed by atoms with Crippen LogP contribution in [0.1, 0.15) is 12.5 Å². The van der Waals surface area contributed by atoms with E-state index in [1.807, 2.05) is 87.6 Å². The molecule has 0 aliphatic carbocycles. The Kier molecular flexibility index (Phi) is 9.67. The van der Waals surface area contributed by atoms with Gasteiger partial charge in [-0.15, -0.1) is 0 Å². The van der Waals surface area contributed by atoms with Gasteiger partial charge in [-0.25, -0.2) is 4.99 Å². The van der Waals surface area contributed by atoms with E-state index >= 15 is 0 Å². The topological polar surface area (TPSA) is 69.2 Å². The van der Waals surface area contributed by atoms with Gasteiger partial charge in [-0.05, 0) is 50.8 Å². The predicted molar refractivity (Wildman–Crippen MR) is 123 cm³/mol. The molecule has 0 fully saturated rings. The maximum atomic E-state index is 12.0. The summed E-state index contributed by atoms with van der Waals surface area (Å²) >= 11 is 0. The molecule has 162 valence electrons. The second-order valence-corrected chi connectivity index (χ2v) is 7.24. The summed E-state index contributed by atoms with van der Waals surface area (Å²) in [6, 6.07) is 17.6. The van der Waals surface area contributed by atoms with E-state index in [1.165, 1.54) is 0 Å². The summed E-state index contributed by atoms with van der Waals surface area (Å²) in [5.41, 5.74) is 1.81. The number of nitrogens with one attached hydrogen (secondary N) is 2. The number of guanidine groups is 1. The third-order valence-electron chi connectivity index (χ3n) is 4.22. The fourth-order valence-electron chi connectivity index (χ4n) is 2.79. The Hall–Kier alpha value is -3.06. The van der Waals surface area contributed by atoms with Crippen LogP contribution in [0.4, 0.5) is 5.69 Å². The van der Waals surface area contributed by atoms with Crippen LogP contribution in [0.2, 0.25) is 0 Å². The number of para-hydroxylation sites is 1. The number of rotatable bonds is 10. The Morgan fingerprint density at radius 3 is 2.53 bits per heavy atom. The largest absolute Gasteiger partial charge is 0.492 e. The van der Waals surface area contributed by atoms with E-state index in [-0.39, 0.29) is 5.91 Å². The molecule has 0 spiro atoms. The molecule has 0 aliphatic rings. The van der Waals surface area contributed by atoms with E-state index in [4.69, 9.17) is 9.73 Å². The molecule has 0 saturated heterocycles. The molecule has 7 heteroatoms. The van der Waals surface area contributed by atoms with Crippen molar-refractivity contribution in [2.24, 2.45) is 4.99 Å². The molecule has 0 bridgehead atoms. The standard InChI is InChI=1S/C23H33N5O2/c1-5-24-23(28(4)14-15-30-21-12-7-6-8-13-21)25-17-19-10-9-11-20(16-19)26-22(29)18-27(2)3/h6-13,16H,5,14-15,17-18H2,1-4H3,(H,24,25)(H,26,29). The zero-order valence-electron chi connectivity index (χ0n) is 18.4. The summed E-state index contributed by atoms with van der Waals surface area (Å²) < 4.78 is 5.78. The van der Waals surface area contributed by atoms with E-state index in [0.717, 1.165) is 29.5 Å². The maximum Gasteiger partial charge on any atom is 0.238 e. The number of likely N-dealkylation sites (N-methyl/N-ethyl adjacent to an activating group) is 2. The lowest BCUT2D eigenvalue weighted by Crippen LogP contribution is -2.40. The number of benzene rings is 2. The molecule has 2 rings (SSSR count). The Balaban J connectivity index is 1.92. The van der Waals surface area contributed by atoms with Crippen LogP contribution in [0, 0.1) is 0 Å². The van der Waals surface area contributed by atoms with Crippen molar-refractivity contribution < 1.29 is 9.53 Å². The summed E-state index contributed by atoms with van der Waals surface area (Å²) in [5, 5.41) is 6.24. The SMILES string of the molecule is CCNC(=NCc1cccc(NC(=O)CN(C)C)c1)N(C)CCOc1ccccc1. The second-order valence-electron chi connectivity index (χ2n) is 7.24. The van der Waals surface area contributed by atoms with E-state index in [9.17, 15) is 4.79 Å². The first-order chi connectivity index (χ1) is 14.5. The zero-order chi connectivity index (χ0) is 21.8. The number of aliphatic imine (C=N–C) groups is 1. The number of hydrogen-bond acceptors (Lipinski definition) is 4. The minimum absolute atomic E-state index is 0.0351. The van der Waals surface area contributed by atoms with Gasteiger partial charge in [0.15, 0.2) is 5.96 Å². The monoisotopic (exact) mass is 411 g/mol. The van der Waals surface area contributed by atoms with Crippen molar-refractivity contribution >= 4 is 17.6 Å². The van der Waals surface area contributed by atoms with Gasteiger partial charge in [-0.2, -0.15) is 0 Å². The molecule has 0 saturated carbocycles. The zero-order valence-corrected chi connectivity index (χ0v) is 18.4. The Morgan fingerprint density at radius 1 is 1.07 bits per heavy atom. The summed E-state index contributed by atoms with van der Waals surface area (Å²) in [6.07, 6.45) is 0. The highest BCUT2D eigenvalue weighted by atomic mass is 16.5. The van der Waals surface area contributed by atoms with Gasteiger partial charge in [0.05, 0.1) is 19.6 Å². The number of hydrogen-bond donors (Lipinski definition) is 2. The number of anilines is 1. The van der Waals surface area contributed by atoms with Crippen LogP contribution < -0.4 is 15.4 Å². The fraction of sp³-hybridized carbons (Fsp3) is 0.391. The molecule has 0 heterocycles. The molecule has 1 amide bonds. The van der Waals surface area contributed by atoms with E-state index in [0.29, 0.717) is 26.2 Å². The molecular formula is C23H33N5O2. The van der Waals surface area contributed by atoms with Crippen LogP contribution in [-0.4, -0.2) is 69.1 Å². The van der Waals surface area contributed by atoms with Crippen LogP contribution in [0.5, 0.6) is 5.75 Å². The molecule has 2 aromatic carbocycles. The van der Waals surface area contributed by atoms with Crippen molar-refractivity contribution in [2.75, 3.05) is 52.7 Å². The van der Waals surface area contributed by atoms with Crippen LogP contribution in [0.3, 0.4) is 0 Å². The van der Waals surface area contributed by atoms with Crippen molar-refractivity contribution in [2.45, 2.75) is 13.5 Å². The van der Waals surface area contributed by atoms with Crippen LogP contribution in [0.25, 0.3) is 0 Å². The number of carbonyl (C=O) groups is 1. The molecule has 30 heavy (non-hydrogen) atoms. The van der Waals surface area contributed by atoms with Gasteiger partial charge in [-0.3, -0.25) is 4.79 Å². The minimum Gasteiger partial charge on any atom is -0.492 e. The first-order valence-electron chi connectivity index (χ1n) is 10.2. The van der Waals surface area contributed by atoms with Gasteiger partial charge in [0.1, 0.15) is 12.4 Å². The fourth-order valence-corrected chi connectivity index (χ4v) is 2.79. The predicted octanol–water partition coefficient (Wildman–Crippen LogP) is 2.66. The van der Waals surface area contributed by atoms with Gasteiger partial charge in [-0.1, -0.05) is 30.3 Å². The molecule has 0 aromatic heterocycles. The van der Waals surface area contributed by atoms with Crippen LogP contribution in [-0.2, 0) is 11.3 Å². The Labute approximate surface area is 179 Å². The van der Waals surface area contributed by atoms with Gasteiger partial charge < -0.3 is 25.2 Å². The molecule has 2 aromatic rings. The molecule has 0 unspecified atom stereocenters. The Morgan fingerprint density at radius 2 is 1.83 bits per heavy atom. The molecule has 0 atom stereocenters. The lowest BCUT2D eigenvalue weighted by molar-refractivity contribution is -0.116. The van der Waals surface area contributed by atoms with Crippen LogP contribution in [0.15, 0.2) is 59.6 Å². The van der Waals surface area contributed by atoms with E-state index in [2.05, 4.69) is 15.5 Å². The average Bonchev–Trinajstić information content (AvgIpc) is 2.71. The normalized spacial score (nSPS) is 11.3. The first-order valence-corrected chi connectivity index (χ1v) is 10.2. The van der Waals surface area contributed by atoms with Crippen molar-refractivity contribution in [3.05, 3.63) is 60.2 Å². The molecular weight excluding hydrogens is 378 g/mol. The van der Waals surface area contributed by atoms with Gasteiger partial charge in [0, 0.05) is 19.3 Å². The smallest absolute Gasteiger partial charge is 0.238 e. The highest BCUT2D eigenvalue weighted by Crippen LogP contribution is 2.12. The maximum absolute atomic E-state index is 12.0. The lowest BCUT2D eigenvalue weighted by Gasteiger charge is -2.22. The molecule has 0 radical (unpaired) electrons.